The van der Waals surface area contributed by atoms with Crippen molar-refractivity contribution in [3.05, 3.63) is 35.9 Å². The molecule has 0 aliphatic heterocycles. The molecule has 0 unspecified atom stereocenters. The van der Waals surface area contributed by atoms with Crippen molar-refractivity contribution < 1.29 is 10.2 Å². The summed E-state index contributed by atoms with van der Waals surface area (Å²) in [6.07, 6.45) is 1.56. The van der Waals surface area contributed by atoms with Gasteiger partial charge in [0.15, 0.2) is 0 Å². The average molecular weight is 192 g/mol. The Labute approximate surface area is 84.2 Å². The Balaban J connectivity index is 2.17. The smallest absolute Gasteiger partial charge is 0.0867 e. The minimum Gasteiger partial charge on any atom is -0.390 e. The van der Waals surface area contributed by atoms with Crippen LogP contribution in [0.5, 0.6) is 0 Å². The van der Waals surface area contributed by atoms with E-state index in [-0.39, 0.29) is 5.92 Å². The van der Waals surface area contributed by atoms with Gasteiger partial charge in [0, 0.05) is 5.92 Å². The van der Waals surface area contributed by atoms with Gasteiger partial charge in [0.1, 0.15) is 0 Å². The van der Waals surface area contributed by atoms with E-state index in [1.54, 1.807) is 0 Å². The lowest BCUT2D eigenvalue weighted by molar-refractivity contribution is -0.0227. The molecule has 0 saturated heterocycles. The Bertz CT molecular complexity index is 284. The molecule has 2 nitrogen and oxygen atoms in total. The lowest BCUT2D eigenvalue weighted by Crippen LogP contribution is -2.35. The van der Waals surface area contributed by atoms with Gasteiger partial charge in [0.2, 0.25) is 0 Å². The minimum absolute atomic E-state index is 0.111. The van der Waals surface area contributed by atoms with Crippen LogP contribution in [-0.4, -0.2) is 22.4 Å². The van der Waals surface area contributed by atoms with Crippen LogP contribution in [0, 0.1) is 0 Å². The number of benzene rings is 1. The highest BCUT2D eigenvalue weighted by molar-refractivity contribution is 5.21. The van der Waals surface area contributed by atoms with Crippen molar-refractivity contribution in [2.24, 2.45) is 0 Å². The summed E-state index contributed by atoms with van der Waals surface area (Å²) >= 11 is 0. The van der Waals surface area contributed by atoms with Crippen LogP contribution >= 0.6 is 0 Å². The van der Waals surface area contributed by atoms with E-state index in [0.717, 1.165) is 24.8 Å². The van der Waals surface area contributed by atoms with Crippen LogP contribution < -0.4 is 0 Å². The molecule has 0 radical (unpaired) electrons. The van der Waals surface area contributed by atoms with Crippen LogP contribution in [0.4, 0.5) is 0 Å². The summed E-state index contributed by atoms with van der Waals surface area (Å²) in [5.74, 6) is 0.111. The molecule has 3 atom stereocenters. The Morgan fingerprint density at radius 1 is 1.00 bits per heavy atom. The number of aliphatic hydroxyl groups excluding tert-OH is 2. The first-order chi connectivity index (χ1) is 6.79. The third-order valence-corrected chi connectivity index (χ3v) is 3.05. The molecule has 0 spiro atoms. The first kappa shape index (κ1) is 9.69. The molecule has 1 fully saturated rings. The summed E-state index contributed by atoms with van der Waals surface area (Å²) in [4.78, 5) is 0. The fourth-order valence-corrected chi connectivity index (χ4v) is 2.22. The van der Waals surface area contributed by atoms with Gasteiger partial charge in [0.25, 0.3) is 0 Å². The van der Waals surface area contributed by atoms with Gasteiger partial charge in [-0.3, -0.25) is 0 Å². The predicted molar refractivity (Wildman–Crippen MR) is 55.0 cm³/mol. The van der Waals surface area contributed by atoms with E-state index in [9.17, 15) is 10.2 Å². The molecule has 0 aromatic heterocycles. The molecule has 76 valence electrons. The average Bonchev–Trinajstić information content (AvgIpc) is 2.23. The number of hydrogen-bond donors (Lipinski definition) is 2. The van der Waals surface area contributed by atoms with Gasteiger partial charge in [-0.1, -0.05) is 36.8 Å². The maximum absolute atomic E-state index is 9.84. The van der Waals surface area contributed by atoms with Crippen molar-refractivity contribution in [2.75, 3.05) is 0 Å². The van der Waals surface area contributed by atoms with Gasteiger partial charge >= 0.3 is 0 Å². The Morgan fingerprint density at radius 2 is 1.71 bits per heavy atom. The topological polar surface area (TPSA) is 40.5 Å². The van der Waals surface area contributed by atoms with E-state index in [2.05, 4.69) is 0 Å². The quantitative estimate of drug-likeness (QED) is 0.710. The summed E-state index contributed by atoms with van der Waals surface area (Å²) in [6.45, 7) is 0. The maximum Gasteiger partial charge on any atom is 0.0867 e. The van der Waals surface area contributed by atoms with Crippen LogP contribution in [0.15, 0.2) is 30.3 Å². The molecular formula is C12H16O2. The minimum atomic E-state index is -0.592. The summed E-state index contributed by atoms with van der Waals surface area (Å²) < 4.78 is 0. The molecule has 1 aromatic carbocycles. The van der Waals surface area contributed by atoms with E-state index >= 15 is 0 Å². The molecule has 2 rings (SSSR count). The highest BCUT2D eigenvalue weighted by Crippen LogP contribution is 2.32. The van der Waals surface area contributed by atoms with E-state index in [1.807, 2.05) is 30.3 Å². The monoisotopic (exact) mass is 192 g/mol. The Kier molecular flexibility index (Phi) is 2.85. The summed E-state index contributed by atoms with van der Waals surface area (Å²) in [5.41, 5.74) is 1.14. The van der Waals surface area contributed by atoms with Crippen LogP contribution in [0.1, 0.15) is 30.7 Å². The summed E-state index contributed by atoms with van der Waals surface area (Å²) in [6, 6.07) is 9.96. The van der Waals surface area contributed by atoms with E-state index in [4.69, 9.17) is 0 Å². The molecule has 1 aliphatic carbocycles. The Hall–Kier alpha value is -0.860. The van der Waals surface area contributed by atoms with Gasteiger partial charge in [0.05, 0.1) is 12.2 Å². The van der Waals surface area contributed by atoms with E-state index in [0.29, 0.717) is 0 Å². The molecule has 1 aromatic rings. The highest BCUT2D eigenvalue weighted by atomic mass is 16.3. The molecule has 0 bridgehead atoms. The Morgan fingerprint density at radius 3 is 2.43 bits per heavy atom. The fourth-order valence-electron chi connectivity index (χ4n) is 2.22. The number of hydrogen-bond acceptors (Lipinski definition) is 2. The van der Waals surface area contributed by atoms with Gasteiger partial charge in [-0.15, -0.1) is 0 Å². The van der Waals surface area contributed by atoms with Crippen molar-refractivity contribution in [1.29, 1.82) is 0 Å². The molecule has 1 aliphatic rings. The third-order valence-electron chi connectivity index (χ3n) is 3.05. The lowest BCUT2D eigenvalue weighted by atomic mass is 9.80. The van der Waals surface area contributed by atoms with Crippen molar-refractivity contribution >= 4 is 0 Å². The largest absolute Gasteiger partial charge is 0.390 e. The van der Waals surface area contributed by atoms with Gasteiger partial charge in [-0.25, -0.2) is 0 Å². The molecule has 0 amide bonds. The summed E-state index contributed by atoms with van der Waals surface area (Å²) in [5, 5.41) is 19.4. The van der Waals surface area contributed by atoms with Gasteiger partial charge in [-0.05, 0) is 18.4 Å². The second-order valence-electron chi connectivity index (χ2n) is 4.01. The van der Waals surface area contributed by atoms with Gasteiger partial charge < -0.3 is 10.2 Å². The van der Waals surface area contributed by atoms with Crippen molar-refractivity contribution in [2.45, 2.75) is 37.4 Å². The normalized spacial score (nSPS) is 32.9. The second kappa shape index (κ2) is 4.11. The van der Waals surface area contributed by atoms with Crippen LogP contribution in [-0.2, 0) is 0 Å². The molecule has 0 heterocycles. The standard InChI is InChI=1S/C12H16O2/c13-11-8-4-7-10(12(11)14)9-5-2-1-3-6-9/h1-3,5-6,10-14H,4,7-8H2/t10-,11-,12+/m0/s1. The second-order valence-corrected chi connectivity index (χ2v) is 4.01. The zero-order valence-corrected chi connectivity index (χ0v) is 8.13. The maximum atomic E-state index is 9.84. The zero-order chi connectivity index (χ0) is 9.97. The molecular weight excluding hydrogens is 176 g/mol. The SMILES string of the molecule is O[C@H]1[C@@H](O)CCC[C@H]1c1ccccc1. The molecule has 2 N–H and O–H groups in total. The molecule has 1 saturated carbocycles. The summed E-state index contributed by atoms with van der Waals surface area (Å²) in [7, 11) is 0. The molecule has 2 heteroatoms. The van der Waals surface area contributed by atoms with Crippen LogP contribution in [0.3, 0.4) is 0 Å². The number of rotatable bonds is 1. The molecule has 14 heavy (non-hydrogen) atoms. The lowest BCUT2D eigenvalue weighted by Gasteiger charge is -2.32. The number of aliphatic hydroxyl groups is 2. The van der Waals surface area contributed by atoms with Crippen molar-refractivity contribution in [3.8, 4) is 0 Å². The van der Waals surface area contributed by atoms with E-state index < -0.39 is 12.2 Å². The highest BCUT2D eigenvalue weighted by Gasteiger charge is 2.31. The first-order valence-electron chi connectivity index (χ1n) is 5.20. The predicted octanol–water partition coefficient (Wildman–Crippen LogP) is 1.68. The van der Waals surface area contributed by atoms with Crippen molar-refractivity contribution in [1.82, 2.24) is 0 Å². The van der Waals surface area contributed by atoms with Gasteiger partial charge in [-0.2, -0.15) is 0 Å². The first-order valence-corrected chi connectivity index (χ1v) is 5.20. The van der Waals surface area contributed by atoms with Crippen molar-refractivity contribution in [3.63, 3.8) is 0 Å². The zero-order valence-electron chi connectivity index (χ0n) is 8.13. The van der Waals surface area contributed by atoms with Crippen LogP contribution in [0.2, 0.25) is 0 Å². The third kappa shape index (κ3) is 1.81. The fraction of sp³-hybridized carbons (Fsp3) is 0.500. The van der Waals surface area contributed by atoms with Crippen LogP contribution in [0.25, 0.3) is 0 Å². The van der Waals surface area contributed by atoms with E-state index in [1.165, 1.54) is 0 Å².